The van der Waals surface area contributed by atoms with Gasteiger partial charge in [-0.1, -0.05) is 24.3 Å². The van der Waals surface area contributed by atoms with E-state index in [-0.39, 0.29) is 108 Å². The molecule has 0 aromatic heterocycles. The Hall–Kier alpha value is -5.22. The predicted octanol–water partition coefficient (Wildman–Crippen LogP) is 2.62. The average molecular weight is 904 g/mol. The number of carbonyl (C=O) groups excluding carboxylic acids is 2. The van der Waals surface area contributed by atoms with Gasteiger partial charge in [-0.25, -0.2) is 8.78 Å². The second-order valence-electron chi connectivity index (χ2n) is 14.6. The number of benzene rings is 4. The SMILES string of the molecule is COc1cc2c(cc1OCCCOc1cc3c(cc1OC)C(=O)N1C=C(c4ccc(F)cc4)C[C@H]1C(S(=O)(=O)O)N3)NC(S(=O)(=O)O)[C@@H]1CC(c3ccc(F)cc3)=CN1C2=O.[Na+]. The second kappa shape index (κ2) is 17.5. The summed E-state index contributed by atoms with van der Waals surface area (Å²) < 4.78 is 122. The number of anilines is 2. The molecule has 0 saturated carbocycles. The second-order valence-corrected chi connectivity index (χ2v) is 17.7. The first-order valence-corrected chi connectivity index (χ1v) is 21.8. The Morgan fingerprint density at radius 1 is 0.629 bits per heavy atom. The molecule has 16 nitrogen and oxygen atoms in total. The van der Waals surface area contributed by atoms with Gasteiger partial charge in [0.05, 0.1) is 62.0 Å². The zero-order valence-electron chi connectivity index (χ0n) is 33.4. The van der Waals surface area contributed by atoms with E-state index in [0.717, 1.165) is 0 Å². The molecular formula is C41H38F2N4NaO12S2+. The predicted molar refractivity (Wildman–Crippen MR) is 217 cm³/mol. The smallest absolute Gasteiger partial charge is 0.493 e. The third-order valence-corrected chi connectivity index (χ3v) is 13.0. The van der Waals surface area contributed by atoms with Gasteiger partial charge in [-0.3, -0.25) is 18.7 Å². The summed E-state index contributed by atoms with van der Waals surface area (Å²) in [6.07, 6.45) is 3.29. The Balaban J connectivity index is 0.00000578. The van der Waals surface area contributed by atoms with Crippen LogP contribution in [0.2, 0.25) is 0 Å². The minimum Gasteiger partial charge on any atom is -0.493 e. The fourth-order valence-corrected chi connectivity index (χ4v) is 9.72. The summed E-state index contributed by atoms with van der Waals surface area (Å²) in [5.41, 5.74) is 2.51. The Morgan fingerprint density at radius 3 is 1.34 bits per heavy atom. The van der Waals surface area contributed by atoms with Crippen molar-refractivity contribution < 1.29 is 92.8 Å². The first kappa shape index (κ1) is 44.8. The van der Waals surface area contributed by atoms with Crippen molar-refractivity contribution in [3.63, 3.8) is 0 Å². The molecule has 0 spiro atoms. The van der Waals surface area contributed by atoms with Crippen LogP contribution in [0.5, 0.6) is 23.0 Å². The van der Waals surface area contributed by atoms with Crippen molar-refractivity contribution >= 4 is 54.6 Å². The fraction of sp³-hybridized carbons (Fsp3) is 0.268. The van der Waals surface area contributed by atoms with Crippen molar-refractivity contribution in [3.05, 3.63) is 119 Å². The summed E-state index contributed by atoms with van der Waals surface area (Å²) in [6, 6.07) is 14.5. The Bertz CT molecular complexity index is 2540. The summed E-state index contributed by atoms with van der Waals surface area (Å²) >= 11 is 0. The van der Waals surface area contributed by atoms with Crippen LogP contribution in [-0.4, -0.2) is 97.8 Å². The van der Waals surface area contributed by atoms with E-state index in [9.17, 15) is 44.3 Å². The quantitative estimate of drug-likeness (QED) is 0.0916. The van der Waals surface area contributed by atoms with Crippen LogP contribution in [0, 0.1) is 11.6 Å². The summed E-state index contributed by atoms with van der Waals surface area (Å²) in [5.74, 6) is -1.50. The standard InChI is InChI=1S/C41H38F2N4O12S2.Na/c1-56-34-16-28-30(44-38(60(50,51)52)32-14-24(20-46(32)40(28)48)22-4-8-26(42)9-5-22)18-36(34)58-12-3-13-59-37-19-31-29(17-35(37)57-2)41(49)47-21-25(23-6-10-27(43)11-7-23)15-33(47)39(45-31)61(53,54)55;/h4-11,16-21,32-33,38-39,44-45H,3,12-15H2,1-2H3,(H,50,51,52)(H,53,54,55);/q;+1/t32-,33-,38?,39?;/m0./s1. The number of hydrogen-bond acceptors (Lipinski definition) is 12. The molecule has 4 heterocycles. The zero-order valence-corrected chi connectivity index (χ0v) is 37.0. The van der Waals surface area contributed by atoms with Crippen LogP contribution in [0.3, 0.4) is 0 Å². The number of carbonyl (C=O) groups is 2. The van der Waals surface area contributed by atoms with E-state index in [2.05, 4.69) is 10.6 Å². The molecular weight excluding hydrogens is 866 g/mol. The third kappa shape index (κ3) is 8.72. The van der Waals surface area contributed by atoms with Crippen LogP contribution in [-0.2, 0) is 20.2 Å². The summed E-state index contributed by atoms with van der Waals surface area (Å²) in [7, 11) is -6.85. The van der Waals surface area contributed by atoms with Crippen molar-refractivity contribution in [2.24, 2.45) is 0 Å². The molecule has 0 bridgehead atoms. The Labute approximate surface area is 377 Å². The number of rotatable bonds is 12. The molecule has 0 radical (unpaired) electrons. The topological polar surface area (TPSA) is 210 Å². The molecule has 2 unspecified atom stereocenters. The van der Waals surface area contributed by atoms with Gasteiger partial charge in [0, 0.05) is 31.0 Å². The van der Waals surface area contributed by atoms with Crippen molar-refractivity contribution in [2.45, 2.75) is 42.1 Å². The molecule has 4 atom stereocenters. The van der Waals surface area contributed by atoms with Gasteiger partial charge in [-0.05, 0) is 71.5 Å². The molecule has 21 heteroatoms. The van der Waals surface area contributed by atoms with E-state index in [4.69, 9.17) is 18.9 Å². The number of amides is 2. The number of fused-ring (bicyclic) bond motifs is 4. The molecule has 4 aromatic rings. The number of methoxy groups -OCH3 is 2. The first-order chi connectivity index (χ1) is 29.0. The number of halogens is 2. The maximum absolute atomic E-state index is 13.9. The van der Waals surface area contributed by atoms with Gasteiger partial charge >= 0.3 is 29.6 Å². The normalized spacial score (nSPS) is 20.4. The molecule has 8 rings (SSSR count). The minimum absolute atomic E-state index is 0. The molecule has 4 aliphatic heterocycles. The van der Waals surface area contributed by atoms with Crippen molar-refractivity contribution in [2.75, 3.05) is 38.1 Å². The molecule has 4 N–H and O–H groups in total. The van der Waals surface area contributed by atoms with E-state index in [1.807, 2.05) is 0 Å². The fourth-order valence-electron chi connectivity index (χ4n) is 7.92. The van der Waals surface area contributed by atoms with Crippen molar-refractivity contribution in [3.8, 4) is 23.0 Å². The van der Waals surface area contributed by atoms with Gasteiger partial charge in [-0.15, -0.1) is 0 Å². The maximum atomic E-state index is 13.9. The Kier molecular flexibility index (Phi) is 12.7. The maximum Gasteiger partial charge on any atom is 1.00 e. The van der Waals surface area contributed by atoms with E-state index in [0.29, 0.717) is 22.3 Å². The molecule has 4 aliphatic rings. The van der Waals surface area contributed by atoms with Gasteiger partial charge in [0.1, 0.15) is 11.6 Å². The van der Waals surface area contributed by atoms with Gasteiger partial charge in [-0.2, -0.15) is 16.8 Å². The van der Waals surface area contributed by atoms with Gasteiger partial charge < -0.3 is 39.4 Å². The molecule has 0 saturated heterocycles. The summed E-state index contributed by atoms with van der Waals surface area (Å²) in [5, 5.41) is 2.34. The molecule has 320 valence electrons. The molecule has 2 amide bonds. The van der Waals surface area contributed by atoms with Gasteiger partial charge in [0.15, 0.2) is 33.7 Å². The number of nitrogens with zero attached hydrogens (tertiary/aromatic N) is 2. The van der Waals surface area contributed by atoms with Crippen molar-refractivity contribution in [1.29, 1.82) is 0 Å². The van der Waals surface area contributed by atoms with Crippen molar-refractivity contribution in [1.82, 2.24) is 9.80 Å². The minimum atomic E-state index is -4.78. The van der Waals surface area contributed by atoms with Crippen LogP contribution < -0.4 is 59.1 Å². The summed E-state index contributed by atoms with van der Waals surface area (Å²) in [4.78, 5) is 30.3. The largest absolute Gasteiger partial charge is 1.00 e. The monoisotopic (exact) mass is 903 g/mol. The third-order valence-electron chi connectivity index (χ3n) is 10.9. The number of nitrogens with one attached hydrogen (secondary N) is 2. The number of hydrogen-bond donors (Lipinski definition) is 4. The molecule has 0 fully saturated rings. The summed E-state index contributed by atoms with van der Waals surface area (Å²) in [6.45, 7) is 0.0229. The zero-order chi connectivity index (χ0) is 43.4. The molecule has 62 heavy (non-hydrogen) atoms. The van der Waals surface area contributed by atoms with Crippen LogP contribution in [0.15, 0.2) is 85.2 Å². The average Bonchev–Trinajstić information content (AvgIpc) is 3.81. The Morgan fingerprint density at radius 2 is 1.00 bits per heavy atom. The van der Waals surface area contributed by atoms with E-state index in [1.165, 1.54) is 109 Å². The van der Waals surface area contributed by atoms with Crippen LogP contribution in [0.1, 0.15) is 51.1 Å². The molecule has 0 aliphatic carbocycles. The van der Waals surface area contributed by atoms with Crippen LogP contribution in [0.25, 0.3) is 11.1 Å². The van der Waals surface area contributed by atoms with Crippen LogP contribution >= 0.6 is 0 Å². The van der Waals surface area contributed by atoms with E-state index in [1.54, 1.807) is 0 Å². The molecule has 4 aromatic carbocycles. The van der Waals surface area contributed by atoms with Gasteiger partial charge in [0.25, 0.3) is 32.1 Å². The van der Waals surface area contributed by atoms with E-state index >= 15 is 0 Å². The number of ether oxygens (including phenoxy) is 4. The van der Waals surface area contributed by atoms with Gasteiger partial charge in [0.2, 0.25) is 0 Å². The first-order valence-electron chi connectivity index (χ1n) is 18.8. The van der Waals surface area contributed by atoms with E-state index < -0.39 is 66.5 Å². The van der Waals surface area contributed by atoms with Crippen LogP contribution in [0.4, 0.5) is 20.2 Å².